The van der Waals surface area contributed by atoms with Crippen LogP contribution in [0.3, 0.4) is 0 Å². The van der Waals surface area contributed by atoms with Crippen LogP contribution in [0.25, 0.3) is 11.1 Å². The zero-order valence-corrected chi connectivity index (χ0v) is 20.3. The van der Waals surface area contributed by atoms with Crippen LogP contribution < -0.4 is 0 Å². The van der Waals surface area contributed by atoms with E-state index in [2.05, 4.69) is 30.3 Å². The summed E-state index contributed by atoms with van der Waals surface area (Å²) in [5.41, 5.74) is 4.26. The van der Waals surface area contributed by atoms with Gasteiger partial charge in [-0.2, -0.15) is 5.26 Å². The second-order valence-corrected chi connectivity index (χ2v) is 10.1. The van der Waals surface area contributed by atoms with Crippen molar-refractivity contribution in [3.8, 4) is 17.2 Å². The normalized spacial score (nSPS) is 24.2. The van der Waals surface area contributed by atoms with Crippen LogP contribution in [0.5, 0.6) is 0 Å². The molecule has 2 unspecified atom stereocenters. The number of hydrogen-bond donors (Lipinski definition) is 1. The van der Waals surface area contributed by atoms with E-state index in [1.165, 1.54) is 12.1 Å². The van der Waals surface area contributed by atoms with Crippen LogP contribution in [0.1, 0.15) is 41.0 Å². The summed E-state index contributed by atoms with van der Waals surface area (Å²) in [7, 11) is 0. The summed E-state index contributed by atoms with van der Waals surface area (Å²) < 4.78 is 25.8. The third kappa shape index (κ3) is 4.07. The summed E-state index contributed by atoms with van der Waals surface area (Å²) >= 11 is 0. The van der Waals surface area contributed by atoms with E-state index in [-0.39, 0.29) is 45.0 Å². The van der Waals surface area contributed by atoms with E-state index >= 15 is 0 Å². The van der Waals surface area contributed by atoms with Gasteiger partial charge in [0, 0.05) is 18.8 Å². The zero-order chi connectivity index (χ0) is 25.6. The Morgan fingerprint density at radius 2 is 1.68 bits per heavy atom. The first-order chi connectivity index (χ1) is 18.0. The molecule has 1 amide bonds. The summed E-state index contributed by atoms with van der Waals surface area (Å²) in [5.74, 6) is -0.513. The molecule has 3 aromatic rings. The highest BCUT2D eigenvalue weighted by Crippen LogP contribution is 2.46. The number of carbonyl (C=O) groups is 1. The molecular weight excluding hydrogens is 471 g/mol. The number of piperidine rings is 1. The Bertz CT molecular complexity index is 1340. The molecule has 3 aliphatic rings. The summed E-state index contributed by atoms with van der Waals surface area (Å²) in [6.45, 7) is 0.724. The molecule has 3 aromatic carbocycles. The second-order valence-electron chi connectivity index (χ2n) is 10.1. The molecule has 7 heteroatoms. The van der Waals surface area contributed by atoms with Gasteiger partial charge in [0.2, 0.25) is 0 Å². The zero-order valence-electron chi connectivity index (χ0n) is 20.3. The smallest absolute Gasteiger partial charge is 0.410 e. The molecule has 6 nitrogen and oxygen atoms in total. The molecule has 1 N–H and O–H groups in total. The maximum atomic E-state index is 14.2. The third-order valence-electron chi connectivity index (χ3n) is 7.94. The molecule has 6 rings (SSSR count). The number of carbonyl (C=O) groups excluding carboxylic acids is 1. The standard InChI is InChI=1S/C30H27FN2O4/c31-20-10-9-19(11-12-32)28(13-20)30(35)14-21-16-36-17-22(15-30)33(21)29(34)37-18-27-25-7-3-1-5-23(25)24-6-2-4-8-26(24)27/h1-10,13,21-22,27,35H,11,14-18H2. The van der Waals surface area contributed by atoms with E-state index in [9.17, 15) is 19.6 Å². The van der Waals surface area contributed by atoms with Crippen molar-refractivity contribution in [2.75, 3.05) is 19.8 Å². The molecule has 0 spiro atoms. The molecule has 37 heavy (non-hydrogen) atoms. The first-order valence-corrected chi connectivity index (χ1v) is 12.6. The van der Waals surface area contributed by atoms with Crippen molar-refractivity contribution in [2.24, 2.45) is 0 Å². The number of benzene rings is 3. The van der Waals surface area contributed by atoms with Crippen molar-refractivity contribution in [3.63, 3.8) is 0 Å². The van der Waals surface area contributed by atoms with Gasteiger partial charge >= 0.3 is 6.09 Å². The molecule has 2 heterocycles. The maximum absolute atomic E-state index is 14.2. The minimum Gasteiger partial charge on any atom is -0.448 e. The monoisotopic (exact) mass is 498 g/mol. The average Bonchev–Trinajstić information content (AvgIpc) is 3.21. The number of nitriles is 1. The number of hydrogen-bond acceptors (Lipinski definition) is 5. The first kappa shape index (κ1) is 23.7. The lowest BCUT2D eigenvalue weighted by Gasteiger charge is -2.51. The highest BCUT2D eigenvalue weighted by Gasteiger charge is 2.50. The molecule has 2 bridgehead atoms. The van der Waals surface area contributed by atoms with Crippen LogP contribution in [0.2, 0.25) is 0 Å². The van der Waals surface area contributed by atoms with Crippen molar-refractivity contribution in [1.29, 1.82) is 5.26 Å². The number of amides is 1. The van der Waals surface area contributed by atoms with Gasteiger partial charge in [0.25, 0.3) is 0 Å². The molecule has 2 fully saturated rings. The summed E-state index contributed by atoms with van der Waals surface area (Å²) in [5, 5.41) is 20.9. The second kappa shape index (κ2) is 9.29. The minimum absolute atomic E-state index is 0.0463. The molecule has 0 radical (unpaired) electrons. The number of nitrogens with zero attached hydrogens (tertiary/aromatic N) is 2. The summed E-state index contributed by atoms with van der Waals surface area (Å²) in [6.07, 6.45) is -0.0101. The van der Waals surface area contributed by atoms with Crippen molar-refractivity contribution in [1.82, 2.24) is 4.90 Å². The van der Waals surface area contributed by atoms with Crippen molar-refractivity contribution in [2.45, 2.75) is 42.9 Å². The predicted molar refractivity (Wildman–Crippen MR) is 134 cm³/mol. The molecular formula is C30H27FN2O4. The van der Waals surface area contributed by atoms with E-state index < -0.39 is 29.6 Å². The number of morpholine rings is 1. The highest BCUT2D eigenvalue weighted by molar-refractivity contribution is 5.79. The molecule has 0 saturated carbocycles. The Morgan fingerprint density at radius 3 is 2.30 bits per heavy atom. The quantitative estimate of drug-likeness (QED) is 0.554. The van der Waals surface area contributed by atoms with Crippen LogP contribution in [0.4, 0.5) is 9.18 Å². The highest BCUT2D eigenvalue weighted by atomic mass is 19.1. The van der Waals surface area contributed by atoms with Gasteiger partial charge < -0.3 is 14.6 Å². The Labute approximate surface area is 214 Å². The number of ether oxygens (including phenoxy) is 2. The van der Waals surface area contributed by atoms with Crippen molar-refractivity contribution >= 4 is 6.09 Å². The van der Waals surface area contributed by atoms with E-state index in [0.29, 0.717) is 11.1 Å². The topological polar surface area (TPSA) is 82.8 Å². The maximum Gasteiger partial charge on any atom is 0.410 e. The lowest BCUT2D eigenvalue weighted by Crippen LogP contribution is -2.62. The Balaban J connectivity index is 1.22. The Morgan fingerprint density at radius 1 is 1.05 bits per heavy atom. The van der Waals surface area contributed by atoms with Gasteiger partial charge in [-0.15, -0.1) is 0 Å². The SMILES string of the molecule is N#CCc1ccc(F)cc1C1(O)CC2COCC(C1)N2C(=O)OCC1c2ccccc2-c2ccccc21. The van der Waals surface area contributed by atoms with Gasteiger partial charge in [0.05, 0.1) is 43.4 Å². The van der Waals surface area contributed by atoms with E-state index in [1.807, 2.05) is 24.3 Å². The number of halogens is 1. The fourth-order valence-corrected chi connectivity index (χ4v) is 6.38. The summed E-state index contributed by atoms with van der Waals surface area (Å²) in [6, 6.07) is 21.8. The fraction of sp³-hybridized carbons (Fsp3) is 0.333. The Hall–Kier alpha value is -3.73. The summed E-state index contributed by atoms with van der Waals surface area (Å²) in [4.78, 5) is 15.1. The van der Waals surface area contributed by atoms with E-state index in [4.69, 9.17) is 9.47 Å². The van der Waals surface area contributed by atoms with Crippen LogP contribution in [-0.2, 0) is 21.5 Å². The lowest BCUT2D eigenvalue weighted by molar-refractivity contribution is -0.136. The first-order valence-electron chi connectivity index (χ1n) is 12.6. The van der Waals surface area contributed by atoms with Gasteiger partial charge in [0.1, 0.15) is 12.4 Å². The molecule has 2 aliphatic heterocycles. The van der Waals surface area contributed by atoms with Crippen LogP contribution in [-0.4, -0.2) is 48.0 Å². The average molecular weight is 499 g/mol. The van der Waals surface area contributed by atoms with E-state index in [1.54, 1.807) is 11.0 Å². The van der Waals surface area contributed by atoms with Crippen LogP contribution in [0.15, 0.2) is 66.7 Å². The third-order valence-corrected chi connectivity index (χ3v) is 7.94. The minimum atomic E-state index is -1.37. The Kier molecular flexibility index (Phi) is 5.94. The van der Waals surface area contributed by atoms with Gasteiger partial charge in [0.15, 0.2) is 0 Å². The van der Waals surface area contributed by atoms with Crippen molar-refractivity contribution in [3.05, 3.63) is 94.8 Å². The lowest BCUT2D eigenvalue weighted by atomic mass is 9.75. The number of aliphatic hydroxyl groups is 1. The molecule has 1 aliphatic carbocycles. The van der Waals surface area contributed by atoms with Gasteiger partial charge in [-0.1, -0.05) is 54.6 Å². The van der Waals surface area contributed by atoms with Gasteiger partial charge in [-0.25, -0.2) is 9.18 Å². The fourth-order valence-electron chi connectivity index (χ4n) is 6.38. The molecule has 2 atom stereocenters. The number of fused-ring (bicyclic) bond motifs is 5. The predicted octanol–water partition coefficient (Wildman–Crippen LogP) is 4.89. The molecule has 188 valence electrons. The van der Waals surface area contributed by atoms with Crippen LogP contribution in [0, 0.1) is 17.1 Å². The molecule has 0 aromatic heterocycles. The van der Waals surface area contributed by atoms with E-state index in [0.717, 1.165) is 22.3 Å². The van der Waals surface area contributed by atoms with Crippen molar-refractivity contribution < 1.29 is 23.8 Å². The van der Waals surface area contributed by atoms with Crippen LogP contribution >= 0.6 is 0 Å². The number of rotatable bonds is 4. The van der Waals surface area contributed by atoms with Gasteiger partial charge in [-0.05, 0) is 45.5 Å². The van der Waals surface area contributed by atoms with Gasteiger partial charge in [-0.3, -0.25) is 4.90 Å². The largest absolute Gasteiger partial charge is 0.448 e. The molecule has 2 saturated heterocycles.